The Bertz CT molecular complexity index is 972. The van der Waals surface area contributed by atoms with E-state index >= 15 is 0 Å². The third kappa shape index (κ3) is 7.12. The molecule has 1 aromatic carbocycles. The molecule has 170 valence electrons. The van der Waals surface area contributed by atoms with Gasteiger partial charge in [0.2, 0.25) is 0 Å². The second-order valence-electron chi connectivity index (χ2n) is 8.78. The fourth-order valence-corrected chi connectivity index (χ4v) is 3.13. The standard InChI is InChI=1S/C24H33NO6/c1-7-9-10-16-13-20(26)30-19-14-17(11-12-18(16)19)29-22(27)21(15(3)8-2)25-23(28)31-24(4,5)6/h11-15,21H,7-10H2,1-6H3,(H,25,28). The van der Waals surface area contributed by atoms with Crippen LogP contribution in [0.5, 0.6) is 5.75 Å². The maximum Gasteiger partial charge on any atom is 0.408 e. The molecule has 0 fully saturated rings. The van der Waals surface area contributed by atoms with Gasteiger partial charge in [0.1, 0.15) is 23.0 Å². The van der Waals surface area contributed by atoms with E-state index < -0.39 is 29.3 Å². The van der Waals surface area contributed by atoms with Crippen molar-refractivity contribution < 1.29 is 23.5 Å². The predicted molar refractivity (Wildman–Crippen MR) is 119 cm³/mol. The highest BCUT2D eigenvalue weighted by Gasteiger charge is 2.30. The number of alkyl carbamates (subject to hydrolysis) is 1. The van der Waals surface area contributed by atoms with Gasteiger partial charge in [-0.1, -0.05) is 33.6 Å². The summed E-state index contributed by atoms with van der Waals surface area (Å²) in [6.07, 6.45) is 2.72. The van der Waals surface area contributed by atoms with Crippen LogP contribution in [0.2, 0.25) is 0 Å². The quantitative estimate of drug-likeness (QED) is 0.360. The molecule has 2 aromatic rings. The van der Waals surface area contributed by atoms with Gasteiger partial charge >= 0.3 is 17.7 Å². The van der Waals surface area contributed by atoms with Crippen molar-refractivity contribution in [2.75, 3.05) is 0 Å². The zero-order valence-corrected chi connectivity index (χ0v) is 19.2. The van der Waals surface area contributed by atoms with E-state index in [9.17, 15) is 14.4 Å². The third-order valence-corrected chi connectivity index (χ3v) is 4.96. The minimum Gasteiger partial charge on any atom is -0.444 e. The van der Waals surface area contributed by atoms with Crippen LogP contribution in [0.25, 0.3) is 11.0 Å². The Morgan fingerprint density at radius 3 is 2.48 bits per heavy atom. The lowest BCUT2D eigenvalue weighted by molar-refractivity contribution is -0.138. The molecule has 1 heterocycles. The van der Waals surface area contributed by atoms with Crippen molar-refractivity contribution in [1.82, 2.24) is 5.32 Å². The molecule has 0 aliphatic carbocycles. The number of esters is 1. The van der Waals surface area contributed by atoms with Gasteiger partial charge in [-0.25, -0.2) is 14.4 Å². The van der Waals surface area contributed by atoms with Crippen LogP contribution in [0, 0.1) is 5.92 Å². The van der Waals surface area contributed by atoms with Crippen LogP contribution in [0.1, 0.15) is 66.4 Å². The maximum atomic E-state index is 12.8. The number of amides is 1. The average molecular weight is 432 g/mol. The summed E-state index contributed by atoms with van der Waals surface area (Å²) in [4.78, 5) is 37.0. The van der Waals surface area contributed by atoms with Crippen LogP contribution in [0.3, 0.4) is 0 Å². The Balaban J connectivity index is 2.24. The molecule has 1 aromatic heterocycles. The number of hydrogen-bond donors (Lipinski definition) is 1. The smallest absolute Gasteiger partial charge is 0.408 e. The van der Waals surface area contributed by atoms with Crippen LogP contribution in [0.15, 0.2) is 33.5 Å². The molecule has 0 saturated carbocycles. The van der Waals surface area contributed by atoms with Gasteiger partial charge in [0.15, 0.2) is 0 Å². The Labute approximate surface area is 183 Å². The second-order valence-corrected chi connectivity index (χ2v) is 8.78. The summed E-state index contributed by atoms with van der Waals surface area (Å²) in [7, 11) is 0. The molecule has 2 atom stereocenters. The molecule has 1 amide bonds. The molecule has 0 aliphatic rings. The van der Waals surface area contributed by atoms with Gasteiger partial charge < -0.3 is 19.2 Å². The largest absolute Gasteiger partial charge is 0.444 e. The lowest BCUT2D eigenvalue weighted by Gasteiger charge is -2.25. The van der Waals surface area contributed by atoms with Crippen LogP contribution in [-0.4, -0.2) is 23.7 Å². The molecule has 2 rings (SSSR count). The van der Waals surface area contributed by atoms with Crippen LogP contribution >= 0.6 is 0 Å². The first-order valence-corrected chi connectivity index (χ1v) is 10.8. The molecule has 1 N–H and O–H groups in total. The lowest BCUT2D eigenvalue weighted by atomic mass is 9.99. The molecule has 0 aliphatic heterocycles. The molecule has 0 bridgehead atoms. The SMILES string of the molecule is CCCCc1cc(=O)oc2cc(OC(=O)C(NC(=O)OC(C)(C)C)C(C)CC)ccc12. The number of aryl methyl sites for hydroxylation is 1. The predicted octanol–water partition coefficient (Wildman–Crippen LogP) is 4.98. The molecular weight excluding hydrogens is 398 g/mol. The summed E-state index contributed by atoms with van der Waals surface area (Å²) in [5.41, 5.74) is 0.157. The number of benzene rings is 1. The molecule has 7 heteroatoms. The van der Waals surface area contributed by atoms with Crippen molar-refractivity contribution in [3.05, 3.63) is 40.2 Å². The number of carbonyl (C=O) groups excluding carboxylic acids is 2. The first-order chi connectivity index (χ1) is 14.5. The number of ether oxygens (including phenoxy) is 2. The van der Waals surface area contributed by atoms with Gasteiger partial charge in [-0.05, 0) is 57.2 Å². The average Bonchev–Trinajstić information content (AvgIpc) is 2.67. The summed E-state index contributed by atoms with van der Waals surface area (Å²) < 4.78 is 16.1. The highest BCUT2D eigenvalue weighted by atomic mass is 16.6. The van der Waals surface area contributed by atoms with E-state index in [0.717, 1.165) is 30.2 Å². The normalized spacial score (nSPS) is 13.5. The number of nitrogens with one attached hydrogen (secondary N) is 1. The summed E-state index contributed by atoms with van der Waals surface area (Å²) >= 11 is 0. The number of unbranched alkanes of at least 4 members (excludes halogenated alkanes) is 1. The molecule has 0 spiro atoms. The molecule has 31 heavy (non-hydrogen) atoms. The zero-order valence-electron chi connectivity index (χ0n) is 19.2. The van der Waals surface area contributed by atoms with Gasteiger partial charge in [-0.3, -0.25) is 0 Å². The van der Waals surface area contributed by atoms with Crippen LogP contribution < -0.4 is 15.7 Å². The second kappa shape index (κ2) is 10.5. The fraction of sp³-hybridized carbons (Fsp3) is 0.542. The highest BCUT2D eigenvalue weighted by Crippen LogP contribution is 2.24. The molecule has 0 radical (unpaired) electrons. The highest BCUT2D eigenvalue weighted by molar-refractivity contribution is 5.85. The third-order valence-electron chi connectivity index (χ3n) is 4.96. The lowest BCUT2D eigenvalue weighted by Crippen LogP contribution is -2.48. The van der Waals surface area contributed by atoms with E-state index in [2.05, 4.69) is 12.2 Å². The summed E-state index contributed by atoms with van der Waals surface area (Å²) in [5.74, 6) is -0.532. The van der Waals surface area contributed by atoms with Gasteiger partial charge in [0.05, 0.1) is 0 Å². The van der Waals surface area contributed by atoms with E-state index in [-0.39, 0.29) is 11.7 Å². The summed E-state index contributed by atoms with van der Waals surface area (Å²) in [6.45, 7) is 11.1. The summed E-state index contributed by atoms with van der Waals surface area (Å²) in [5, 5.41) is 3.43. The van der Waals surface area contributed by atoms with Crippen molar-refractivity contribution in [3.63, 3.8) is 0 Å². The van der Waals surface area contributed by atoms with Crippen molar-refractivity contribution in [3.8, 4) is 5.75 Å². The van der Waals surface area contributed by atoms with Gasteiger partial charge in [0.25, 0.3) is 0 Å². The first-order valence-electron chi connectivity index (χ1n) is 10.8. The fourth-order valence-electron chi connectivity index (χ4n) is 3.13. The Morgan fingerprint density at radius 1 is 1.16 bits per heavy atom. The van der Waals surface area contributed by atoms with E-state index in [1.807, 2.05) is 13.8 Å². The molecule has 7 nitrogen and oxygen atoms in total. The molecular formula is C24H33NO6. The topological polar surface area (TPSA) is 94.8 Å². The molecule has 0 saturated heterocycles. The minimum absolute atomic E-state index is 0.168. The number of fused-ring (bicyclic) bond motifs is 1. The first kappa shape index (κ1) is 24.4. The Morgan fingerprint density at radius 2 is 1.87 bits per heavy atom. The number of hydrogen-bond acceptors (Lipinski definition) is 6. The monoisotopic (exact) mass is 431 g/mol. The Hall–Kier alpha value is -2.83. The zero-order chi connectivity index (χ0) is 23.2. The minimum atomic E-state index is -0.876. The maximum absolute atomic E-state index is 12.8. The number of carbonyl (C=O) groups is 2. The molecule has 2 unspecified atom stereocenters. The van der Waals surface area contributed by atoms with E-state index in [1.165, 1.54) is 12.1 Å². The van der Waals surface area contributed by atoms with Crippen LogP contribution in [0.4, 0.5) is 4.79 Å². The van der Waals surface area contributed by atoms with Crippen molar-refractivity contribution in [2.24, 2.45) is 5.92 Å². The van der Waals surface area contributed by atoms with Crippen molar-refractivity contribution in [1.29, 1.82) is 0 Å². The number of rotatable bonds is 8. The van der Waals surface area contributed by atoms with E-state index in [0.29, 0.717) is 12.0 Å². The van der Waals surface area contributed by atoms with E-state index in [1.54, 1.807) is 32.9 Å². The van der Waals surface area contributed by atoms with Crippen molar-refractivity contribution in [2.45, 2.75) is 78.9 Å². The van der Waals surface area contributed by atoms with Gasteiger partial charge in [0, 0.05) is 17.5 Å². The van der Waals surface area contributed by atoms with Crippen LogP contribution in [-0.2, 0) is 16.0 Å². The van der Waals surface area contributed by atoms with E-state index in [4.69, 9.17) is 13.9 Å². The Kier molecular flexibility index (Phi) is 8.25. The summed E-state index contributed by atoms with van der Waals surface area (Å²) in [6, 6.07) is 5.61. The van der Waals surface area contributed by atoms with Gasteiger partial charge in [-0.15, -0.1) is 0 Å². The van der Waals surface area contributed by atoms with Gasteiger partial charge in [-0.2, -0.15) is 0 Å². The van der Waals surface area contributed by atoms with Crippen molar-refractivity contribution >= 4 is 23.0 Å².